The summed E-state index contributed by atoms with van der Waals surface area (Å²) in [6.07, 6.45) is -0.506. The lowest BCUT2D eigenvalue weighted by Gasteiger charge is -2.31. The lowest BCUT2D eigenvalue weighted by atomic mass is 10.2. The van der Waals surface area contributed by atoms with E-state index in [1.54, 1.807) is 76.4 Å². The number of amides is 1. The topological polar surface area (TPSA) is 76.2 Å². The van der Waals surface area contributed by atoms with Crippen LogP contribution in [0.3, 0.4) is 0 Å². The number of benzene rings is 3. The van der Waals surface area contributed by atoms with E-state index in [9.17, 15) is 13.2 Å². The summed E-state index contributed by atoms with van der Waals surface area (Å²) in [7, 11) is -2.35. The maximum absolute atomic E-state index is 13.7. The van der Waals surface area contributed by atoms with Crippen LogP contribution in [0, 0.1) is 6.92 Å². The monoisotopic (exact) mass is 510 g/mol. The highest BCUT2D eigenvalue weighted by atomic mass is 32.2. The number of ether oxygens (including phenoxy) is 2. The number of methoxy groups -OCH3 is 1. The molecule has 0 spiro atoms. The Kier molecular flexibility index (Phi) is 8.63. The van der Waals surface area contributed by atoms with Gasteiger partial charge in [0.15, 0.2) is 0 Å². The first-order valence-electron chi connectivity index (χ1n) is 11.7. The molecule has 0 aliphatic carbocycles. The summed E-state index contributed by atoms with van der Waals surface area (Å²) >= 11 is 0. The van der Waals surface area contributed by atoms with Gasteiger partial charge in [0, 0.05) is 13.1 Å². The van der Waals surface area contributed by atoms with Crippen molar-refractivity contribution in [3.8, 4) is 5.75 Å². The third-order valence-corrected chi connectivity index (χ3v) is 7.25. The van der Waals surface area contributed by atoms with E-state index in [-0.39, 0.29) is 24.5 Å². The van der Waals surface area contributed by atoms with Crippen molar-refractivity contribution in [1.82, 2.24) is 4.90 Å². The Labute approximate surface area is 214 Å². The molecule has 0 atom stereocenters. The second-order valence-corrected chi connectivity index (χ2v) is 11.3. The molecule has 0 aliphatic heterocycles. The Balaban J connectivity index is 1.94. The molecule has 0 N–H and O–H groups in total. The molecule has 3 aromatic rings. The fraction of sp³-hybridized carbons (Fsp3) is 0.321. The standard InChI is InChI=1S/C28H34N2O5S/c1-22-11-17-26(18-12-22)36(32,33)30(24-13-15-25(34-5)16-14-24)20-19-29(27(31)35-28(2,3)4)21-23-9-7-6-8-10-23/h6-18H,19-21H2,1-5H3. The zero-order valence-electron chi connectivity index (χ0n) is 21.5. The third kappa shape index (κ3) is 7.24. The van der Waals surface area contributed by atoms with Gasteiger partial charge in [-0.05, 0) is 69.7 Å². The van der Waals surface area contributed by atoms with Gasteiger partial charge >= 0.3 is 6.09 Å². The summed E-state index contributed by atoms with van der Waals surface area (Å²) < 4.78 is 39.6. The second kappa shape index (κ2) is 11.5. The Morgan fingerprint density at radius 1 is 0.861 bits per heavy atom. The highest BCUT2D eigenvalue weighted by molar-refractivity contribution is 7.92. The van der Waals surface area contributed by atoms with E-state index in [1.807, 2.05) is 37.3 Å². The molecule has 36 heavy (non-hydrogen) atoms. The lowest BCUT2D eigenvalue weighted by Crippen LogP contribution is -2.43. The van der Waals surface area contributed by atoms with Crippen LogP contribution in [0.1, 0.15) is 31.9 Å². The van der Waals surface area contributed by atoms with Gasteiger partial charge in [0.2, 0.25) is 0 Å². The minimum Gasteiger partial charge on any atom is -0.497 e. The van der Waals surface area contributed by atoms with Gasteiger partial charge in [-0.1, -0.05) is 48.0 Å². The number of anilines is 1. The summed E-state index contributed by atoms with van der Waals surface area (Å²) in [5.74, 6) is 0.617. The average molecular weight is 511 g/mol. The Morgan fingerprint density at radius 3 is 2.03 bits per heavy atom. The zero-order chi connectivity index (χ0) is 26.3. The molecule has 0 fully saturated rings. The van der Waals surface area contributed by atoms with E-state index < -0.39 is 21.7 Å². The fourth-order valence-corrected chi connectivity index (χ4v) is 5.01. The van der Waals surface area contributed by atoms with Crippen LogP contribution < -0.4 is 9.04 Å². The lowest BCUT2D eigenvalue weighted by molar-refractivity contribution is 0.0240. The van der Waals surface area contributed by atoms with Crippen LogP contribution in [-0.4, -0.2) is 45.2 Å². The number of carbonyl (C=O) groups is 1. The summed E-state index contributed by atoms with van der Waals surface area (Å²) in [5.41, 5.74) is 1.67. The summed E-state index contributed by atoms with van der Waals surface area (Å²) in [5, 5.41) is 0. The van der Waals surface area contributed by atoms with Crippen molar-refractivity contribution in [2.45, 2.75) is 44.7 Å². The van der Waals surface area contributed by atoms with Crippen LogP contribution in [-0.2, 0) is 21.3 Å². The SMILES string of the molecule is COc1ccc(N(CCN(Cc2ccccc2)C(=O)OC(C)(C)C)S(=O)(=O)c2ccc(C)cc2)cc1. The van der Waals surface area contributed by atoms with Crippen LogP contribution in [0.25, 0.3) is 0 Å². The van der Waals surface area contributed by atoms with Crippen molar-refractivity contribution >= 4 is 21.8 Å². The summed E-state index contributed by atoms with van der Waals surface area (Å²) in [6, 6.07) is 23.1. The molecule has 8 heteroatoms. The van der Waals surface area contributed by atoms with Crippen molar-refractivity contribution in [1.29, 1.82) is 0 Å². The maximum atomic E-state index is 13.7. The van der Waals surface area contributed by atoms with Gasteiger partial charge in [0.25, 0.3) is 10.0 Å². The van der Waals surface area contributed by atoms with Crippen molar-refractivity contribution in [2.24, 2.45) is 0 Å². The molecule has 0 saturated carbocycles. The summed E-state index contributed by atoms with van der Waals surface area (Å²) in [4.78, 5) is 14.8. The van der Waals surface area contributed by atoms with E-state index in [4.69, 9.17) is 9.47 Å². The minimum absolute atomic E-state index is 0.0363. The molecule has 1 amide bonds. The molecule has 0 heterocycles. The molecule has 0 bridgehead atoms. The number of sulfonamides is 1. The normalized spacial score (nSPS) is 11.6. The molecule has 0 aromatic heterocycles. The number of nitrogens with zero attached hydrogens (tertiary/aromatic N) is 2. The van der Waals surface area contributed by atoms with Crippen LogP contribution in [0.5, 0.6) is 5.75 Å². The van der Waals surface area contributed by atoms with Gasteiger partial charge in [-0.3, -0.25) is 4.31 Å². The van der Waals surface area contributed by atoms with Crippen molar-refractivity contribution in [3.63, 3.8) is 0 Å². The fourth-order valence-electron chi connectivity index (χ4n) is 3.55. The van der Waals surface area contributed by atoms with Crippen molar-refractivity contribution in [2.75, 3.05) is 24.5 Å². The van der Waals surface area contributed by atoms with Gasteiger partial charge in [0.1, 0.15) is 11.4 Å². The van der Waals surface area contributed by atoms with Gasteiger partial charge in [-0.15, -0.1) is 0 Å². The largest absolute Gasteiger partial charge is 0.497 e. The molecular weight excluding hydrogens is 476 g/mol. The minimum atomic E-state index is -3.91. The molecule has 3 rings (SSSR count). The predicted molar refractivity (Wildman–Crippen MR) is 142 cm³/mol. The number of rotatable bonds is 9. The molecule has 192 valence electrons. The Bertz CT molecular complexity index is 1240. The molecule has 0 saturated heterocycles. The number of aryl methyl sites for hydroxylation is 1. The van der Waals surface area contributed by atoms with Crippen LogP contribution in [0.2, 0.25) is 0 Å². The van der Waals surface area contributed by atoms with E-state index in [2.05, 4.69) is 0 Å². The Hall–Kier alpha value is -3.52. The van der Waals surface area contributed by atoms with E-state index in [1.165, 1.54) is 9.21 Å². The molecular formula is C28H34N2O5S. The van der Waals surface area contributed by atoms with Gasteiger partial charge in [0.05, 0.1) is 24.2 Å². The maximum Gasteiger partial charge on any atom is 0.410 e. The molecule has 0 radical (unpaired) electrons. The molecule has 0 aliphatic rings. The van der Waals surface area contributed by atoms with Gasteiger partial charge < -0.3 is 14.4 Å². The predicted octanol–water partition coefficient (Wildman–Crippen LogP) is 5.64. The third-order valence-electron chi connectivity index (χ3n) is 5.41. The first-order valence-corrected chi connectivity index (χ1v) is 13.2. The van der Waals surface area contributed by atoms with Gasteiger partial charge in [-0.25, -0.2) is 13.2 Å². The van der Waals surface area contributed by atoms with Crippen molar-refractivity contribution < 1.29 is 22.7 Å². The highest BCUT2D eigenvalue weighted by Gasteiger charge is 2.28. The number of hydrogen-bond donors (Lipinski definition) is 0. The first-order chi connectivity index (χ1) is 17.0. The zero-order valence-corrected chi connectivity index (χ0v) is 22.3. The van der Waals surface area contributed by atoms with Crippen LogP contribution in [0.4, 0.5) is 10.5 Å². The molecule has 3 aromatic carbocycles. The van der Waals surface area contributed by atoms with Gasteiger partial charge in [-0.2, -0.15) is 0 Å². The summed E-state index contributed by atoms with van der Waals surface area (Å²) in [6.45, 7) is 7.76. The van der Waals surface area contributed by atoms with E-state index >= 15 is 0 Å². The smallest absolute Gasteiger partial charge is 0.410 e. The number of carbonyl (C=O) groups excluding carboxylic acids is 1. The average Bonchev–Trinajstić information content (AvgIpc) is 2.83. The van der Waals surface area contributed by atoms with Crippen molar-refractivity contribution in [3.05, 3.63) is 90.0 Å². The Morgan fingerprint density at radius 2 is 1.47 bits per heavy atom. The molecule has 7 nitrogen and oxygen atoms in total. The quantitative estimate of drug-likeness (QED) is 0.373. The highest BCUT2D eigenvalue weighted by Crippen LogP contribution is 2.26. The molecule has 0 unspecified atom stereocenters. The first kappa shape index (κ1) is 27.1. The van der Waals surface area contributed by atoms with Crippen LogP contribution in [0.15, 0.2) is 83.8 Å². The number of hydrogen-bond acceptors (Lipinski definition) is 5. The van der Waals surface area contributed by atoms with E-state index in [0.717, 1.165) is 11.1 Å². The van der Waals surface area contributed by atoms with E-state index in [0.29, 0.717) is 11.4 Å². The van der Waals surface area contributed by atoms with Crippen LogP contribution >= 0.6 is 0 Å². The second-order valence-electron chi connectivity index (χ2n) is 9.48.